The molecule has 0 bridgehead atoms. The monoisotopic (exact) mass is 275 g/mol. The van der Waals surface area contributed by atoms with Crippen molar-refractivity contribution < 1.29 is 9.53 Å². The lowest BCUT2D eigenvalue weighted by Gasteiger charge is -2.13. The van der Waals surface area contributed by atoms with Gasteiger partial charge in [-0.3, -0.25) is 4.79 Å². The molecule has 19 heavy (non-hydrogen) atoms. The van der Waals surface area contributed by atoms with Crippen molar-refractivity contribution in [3.05, 3.63) is 46.7 Å². The Morgan fingerprint density at radius 2 is 2.21 bits per heavy atom. The van der Waals surface area contributed by atoms with Crippen molar-refractivity contribution in [2.24, 2.45) is 0 Å². The molecule has 4 heteroatoms. The van der Waals surface area contributed by atoms with Gasteiger partial charge in [-0.05, 0) is 36.9 Å². The zero-order chi connectivity index (χ0) is 13.7. The van der Waals surface area contributed by atoms with Crippen molar-refractivity contribution in [3.8, 4) is 5.75 Å². The largest absolute Gasteiger partial charge is 0.491 e. The molecule has 1 N–H and O–H groups in total. The molecule has 0 aliphatic carbocycles. The summed E-state index contributed by atoms with van der Waals surface area (Å²) in [4.78, 5) is 12.6. The number of nitrogens with one attached hydrogen (secondary N) is 1. The van der Waals surface area contributed by atoms with Crippen LogP contribution in [0, 0.1) is 0 Å². The summed E-state index contributed by atoms with van der Waals surface area (Å²) in [6.07, 6.45) is 1.12. The fourth-order valence-corrected chi connectivity index (χ4v) is 2.18. The highest BCUT2D eigenvalue weighted by Crippen LogP contribution is 2.20. The van der Waals surface area contributed by atoms with E-state index < -0.39 is 0 Å². The Balaban J connectivity index is 2.05. The van der Waals surface area contributed by atoms with Crippen LogP contribution in [-0.4, -0.2) is 12.0 Å². The van der Waals surface area contributed by atoms with Crippen molar-refractivity contribution in [2.45, 2.75) is 26.4 Å². The van der Waals surface area contributed by atoms with Gasteiger partial charge in [-0.2, -0.15) is 0 Å². The van der Waals surface area contributed by atoms with Gasteiger partial charge in [0.15, 0.2) is 0 Å². The molecule has 0 spiro atoms. The van der Waals surface area contributed by atoms with Crippen LogP contribution < -0.4 is 10.1 Å². The fraction of sp³-hybridized carbons (Fsp3) is 0.267. The second-order valence-electron chi connectivity index (χ2n) is 4.30. The Kier molecular flexibility index (Phi) is 4.58. The molecule has 0 aliphatic heterocycles. The number of thiophene rings is 1. The molecule has 0 saturated heterocycles. The second-order valence-corrected chi connectivity index (χ2v) is 5.24. The first-order valence-corrected chi connectivity index (χ1v) is 7.18. The highest BCUT2D eigenvalue weighted by molar-refractivity contribution is 7.12. The quantitative estimate of drug-likeness (QED) is 0.889. The van der Waals surface area contributed by atoms with Crippen molar-refractivity contribution in [2.75, 3.05) is 5.32 Å². The zero-order valence-electron chi connectivity index (χ0n) is 11.1. The molecule has 3 nitrogen and oxygen atoms in total. The summed E-state index contributed by atoms with van der Waals surface area (Å²) in [5.74, 6) is 0.689. The summed E-state index contributed by atoms with van der Waals surface area (Å²) >= 11 is 1.43. The molecule has 2 rings (SSSR count). The number of hydrogen-bond donors (Lipinski definition) is 1. The van der Waals surface area contributed by atoms with E-state index in [1.165, 1.54) is 11.3 Å². The summed E-state index contributed by atoms with van der Waals surface area (Å²) in [6.45, 7) is 4.10. The topological polar surface area (TPSA) is 38.3 Å². The number of rotatable bonds is 5. The maximum absolute atomic E-state index is 11.9. The molecule has 2 aromatic rings. The first kappa shape index (κ1) is 13.6. The van der Waals surface area contributed by atoms with Crippen LogP contribution in [0.15, 0.2) is 41.8 Å². The van der Waals surface area contributed by atoms with E-state index in [2.05, 4.69) is 12.2 Å². The predicted octanol–water partition coefficient (Wildman–Crippen LogP) is 4.18. The minimum Gasteiger partial charge on any atom is -0.491 e. The molecule has 1 aromatic heterocycles. The molecule has 0 saturated carbocycles. The number of benzene rings is 1. The third-order valence-electron chi connectivity index (χ3n) is 2.75. The third-order valence-corrected chi connectivity index (χ3v) is 3.62. The molecule has 1 unspecified atom stereocenters. The van der Waals surface area contributed by atoms with Gasteiger partial charge in [0, 0.05) is 11.8 Å². The Labute approximate surface area is 117 Å². The molecule has 0 aliphatic rings. The fourth-order valence-electron chi connectivity index (χ4n) is 1.56. The lowest BCUT2D eigenvalue weighted by Crippen LogP contribution is -2.12. The van der Waals surface area contributed by atoms with Gasteiger partial charge in [-0.25, -0.2) is 0 Å². The standard InChI is InChI=1S/C15H17NO2S/c1-3-11(2)18-13-7-4-6-12(10-13)16-15(17)14-8-5-9-19-14/h4-11H,3H2,1-2H3,(H,16,17). The summed E-state index contributed by atoms with van der Waals surface area (Å²) in [5.41, 5.74) is 0.749. The molecule has 100 valence electrons. The summed E-state index contributed by atoms with van der Waals surface area (Å²) in [6, 6.07) is 11.1. The lowest BCUT2D eigenvalue weighted by atomic mass is 10.2. The van der Waals surface area contributed by atoms with E-state index in [1.54, 1.807) is 6.07 Å². The van der Waals surface area contributed by atoms with Gasteiger partial charge in [-0.1, -0.05) is 19.1 Å². The molecule has 0 radical (unpaired) electrons. The Hall–Kier alpha value is -1.81. The Bertz CT molecular complexity index is 537. The average Bonchev–Trinajstić information content (AvgIpc) is 2.93. The molecular weight excluding hydrogens is 258 g/mol. The molecule has 1 aromatic carbocycles. The second kappa shape index (κ2) is 6.38. The summed E-state index contributed by atoms with van der Waals surface area (Å²) in [7, 11) is 0. The van der Waals surface area contributed by atoms with E-state index in [0.717, 1.165) is 17.9 Å². The number of anilines is 1. The van der Waals surface area contributed by atoms with Gasteiger partial charge >= 0.3 is 0 Å². The van der Waals surface area contributed by atoms with Crippen LogP contribution in [0.3, 0.4) is 0 Å². The van der Waals surface area contributed by atoms with E-state index in [9.17, 15) is 4.79 Å². The van der Waals surface area contributed by atoms with Gasteiger partial charge in [0.1, 0.15) is 5.75 Å². The SMILES string of the molecule is CCC(C)Oc1cccc(NC(=O)c2cccs2)c1. The zero-order valence-corrected chi connectivity index (χ0v) is 11.9. The summed E-state index contributed by atoms with van der Waals surface area (Å²) < 4.78 is 5.73. The number of hydrogen-bond acceptors (Lipinski definition) is 3. The van der Waals surface area contributed by atoms with Gasteiger partial charge in [0.2, 0.25) is 0 Å². The van der Waals surface area contributed by atoms with Crippen LogP contribution in [-0.2, 0) is 0 Å². The minimum atomic E-state index is -0.0873. The van der Waals surface area contributed by atoms with Crippen molar-refractivity contribution in [3.63, 3.8) is 0 Å². The normalized spacial score (nSPS) is 11.9. The van der Waals surface area contributed by atoms with Crippen molar-refractivity contribution >= 4 is 22.9 Å². The molecule has 1 heterocycles. The smallest absolute Gasteiger partial charge is 0.265 e. The van der Waals surface area contributed by atoms with Crippen LogP contribution >= 0.6 is 11.3 Å². The number of carbonyl (C=O) groups excluding carboxylic acids is 1. The van der Waals surface area contributed by atoms with E-state index in [-0.39, 0.29) is 12.0 Å². The third kappa shape index (κ3) is 3.83. The number of carbonyl (C=O) groups is 1. The van der Waals surface area contributed by atoms with Crippen LogP contribution in [0.2, 0.25) is 0 Å². The van der Waals surface area contributed by atoms with E-state index >= 15 is 0 Å². The lowest BCUT2D eigenvalue weighted by molar-refractivity contribution is 0.103. The summed E-state index contributed by atoms with van der Waals surface area (Å²) in [5, 5.41) is 4.75. The van der Waals surface area contributed by atoms with Crippen LogP contribution in [0.5, 0.6) is 5.75 Å². The van der Waals surface area contributed by atoms with Crippen LogP contribution in [0.1, 0.15) is 29.9 Å². The highest BCUT2D eigenvalue weighted by Gasteiger charge is 2.08. The Morgan fingerprint density at radius 1 is 1.37 bits per heavy atom. The van der Waals surface area contributed by atoms with Crippen molar-refractivity contribution in [1.29, 1.82) is 0 Å². The van der Waals surface area contributed by atoms with Gasteiger partial charge in [0.05, 0.1) is 11.0 Å². The molecular formula is C15H17NO2S. The van der Waals surface area contributed by atoms with Crippen molar-refractivity contribution in [1.82, 2.24) is 0 Å². The van der Waals surface area contributed by atoms with E-state index in [0.29, 0.717) is 4.88 Å². The molecule has 1 amide bonds. The van der Waals surface area contributed by atoms with Crippen LogP contribution in [0.4, 0.5) is 5.69 Å². The molecule has 0 fully saturated rings. The maximum atomic E-state index is 11.9. The molecule has 1 atom stereocenters. The van der Waals surface area contributed by atoms with Crippen LogP contribution in [0.25, 0.3) is 0 Å². The first-order valence-electron chi connectivity index (χ1n) is 6.30. The number of ether oxygens (including phenoxy) is 1. The number of amides is 1. The minimum absolute atomic E-state index is 0.0873. The first-order chi connectivity index (χ1) is 9.19. The van der Waals surface area contributed by atoms with Gasteiger partial charge in [0.25, 0.3) is 5.91 Å². The Morgan fingerprint density at radius 3 is 2.89 bits per heavy atom. The van der Waals surface area contributed by atoms with Gasteiger partial charge < -0.3 is 10.1 Å². The average molecular weight is 275 g/mol. The predicted molar refractivity (Wildman–Crippen MR) is 79.1 cm³/mol. The highest BCUT2D eigenvalue weighted by atomic mass is 32.1. The van der Waals surface area contributed by atoms with Gasteiger partial charge in [-0.15, -0.1) is 11.3 Å². The maximum Gasteiger partial charge on any atom is 0.265 e. The van der Waals surface area contributed by atoms with E-state index in [4.69, 9.17) is 4.74 Å². The van der Waals surface area contributed by atoms with E-state index in [1.807, 2.05) is 42.6 Å².